The van der Waals surface area contributed by atoms with E-state index < -0.39 is 29.3 Å². The number of carbonyl (C=O) groups excluding carboxylic acids is 2. The zero-order valence-corrected chi connectivity index (χ0v) is 17.4. The van der Waals surface area contributed by atoms with E-state index in [0.717, 1.165) is 22.6 Å². The van der Waals surface area contributed by atoms with E-state index in [9.17, 15) is 22.8 Å². The fraction of sp³-hybridized carbons (Fsp3) is 0.273. The summed E-state index contributed by atoms with van der Waals surface area (Å²) in [4.78, 5) is 38.4. The van der Waals surface area contributed by atoms with Crippen LogP contribution in [0, 0.1) is 37.2 Å². The lowest BCUT2D eigenvalue weighted by atomic mass is 10.1. The molecule has 1 fully saturated rings. The number of likely N-dealkylation sites (tertiary alicyclic amines) is 1. The summed E-state index contributed by atoms with van der Waals surface area (Å²) >= 11 is 0. The number of amides is 2. The Morgan fingerprint density at radius 2 is 1.75 bits per heavy atom. The van der Waals surface area contributed by atoms with Gasteiger partial charge in [-0.3, -0.25) is 9.59 Å². The number of nitrogens with one attached hydrogen (secondary N) is 2. The molecule has 2 amide bonds. The number of H-pyrrole nitrogens is 1. The number of nitrogens with zero attached hydrogens (tertiary/aromatic N) is 3. The van der Waals surface area contributed by atoms with E-state index in [1.54, 1.807) is 12.1 Å². The van der Waals surface area contributed by atoms with E-state index in [4.69, 9.17) is 0 Å². The Morgan fingerprint density at radius 3 is 2.41 bits per heavy atom. The van der Waals surface area contributed by atoms with Gasteiger partial charge in [-0.05, 0) is 32.4 Å². The van der Waals surface area contributed by atoms with Crippen LogP contribution in [0.3, 0.4) is 0 Å². The molecule has 32 heavy (non-hydrogen) atoms. The highest BCUT2D eigenvalue weighted by Gasteiger charge is 2.32. The molecule has 0 unspecified atom stereocenters. The molecular weight excluding hydrogens is 423 g/mol. The number of halogens is 3. The first-order chi connectivity index (χ1) is 15.2. The van der Waals surface area contributed by atoms with Crippen LogP contribution in [-0.4, -0.2) is 44.8 Å². The van der Waals surface area contributed by atoms with Gasteiger partial charge in [0.15, 0.2) is 17.5 Å². The quantitative estimate of drug-likeness (QED) is 0.603. The molecule has 1 atom stereocenters. The number of anilines is 1. The highest BCUT2D eigenvalue weighted by atomic mass is 19.2. The second-order valence-electron chi connectivity index (χ2n) is 7.69. The lowest BCUT2D eigenvalue weighted by Crippen LogP contribution is -2.31. The number of aryl methyl sites for hydroxylation is 2. The number of aromatic nitrogens is 3. The van der Waals surface area contributed by atoms with Gasteiger partial charge < -0.3 is 15.2 Å². The molecule has 1 aromatic carbocycles. The fourth-order valence-corrected chi connectivity index (χ4v) is 3.85. The van der Waals surface area contributed by atoms with Gasteiger partial charge in [0.25, 0.3) is 5.91 Å². The maximum Gasteiger partial charge on any atom is 0.270 e. The van der Waals surface area contributed by atoms with Crippen molar-refractivity contribution in [1.82, 2.24) is 19.9 Å². The topological polar surface area (TPSA) is 91.0 Å². The SMILES string of the molecule is Cc1ncnc(C)c1-c1ccc(C(=O)N2CC[C@H](C(=O)Nc3cc(F)c(F)c(F)c3)C2)[nH]1. The van der Waals surface area contributed by atoms with E-state index in [1.165, 1.54) is 11.2 Å². The largest absolute Gasteiger partial charge is 0.350 e. The van der Waals surface area contributed by atoms with Gasteiger partial charge in [0.1, 0.15) is 12.0 Å². The molecular formula is C22H20F3N5O2. The van der Waals surface area contributed by atoms with Crippen molar-refractivity contribution in [2.24, 2.45) is 5.92 Å². The van der Waals surface area contributed by atoms with Gasteiger partial charge in [0, 0.05) is 42.2 Å². The van der Waals surface area contributed by atoms with E-state index >= 15 is 0 Å². The summed E-state index contributed by atoms with van der Waals surface area (Å²) in [5.41, 5.74) is 3.30. The molecule has 2 aromatic heterocycles. The first kappa shape index (κ1) is 21.5. The fourth-order valence-electron chi connectivity index (χ4n) is 3.85. The summed E-state index contributed by atoms with van der Waals surface area (Å²) in [6.45, 7) is 4.21. The number of carbonyl (C=O) groups is 2. The molecule has 0 spiro atoms. The molecule has 10 heteroatoms. The molecule has 0 radical (unpaired) electrons. The Kier molecular flexibility index (Phi) is 5.68. The second-order valence-corrected chi connectivity index (χ2v) is 7.69. The molecule has 0 aliphatic carbocycles. The van der Waals surface area contributed by atoms with Crippen molar-refractivity contribution in [1.29, 1.82) is 0 Å². The van der Waals surface area contributed by atoms with Crippen molar-refractivity contribution in [3.63, 3.8) is 0 Å². The zero-order valence-electron chi connectivity index (χ0n) is 17.4. The molecule has 0 saturated carbocycles. The Bertz CT molecular complexity index is 1170. The number of hydrogen-bond donors (Lipinski definition) is 2. The molecule has 1 aliphatic rings. The van der Waals surface area contributed by atoms with E-state index in [1.807, 2.05) is 13.8 Å². The minimum atomic E-state index is -1.60. The van der Waals surface area contributed by atoms with Crippen LogP contribution in [0.4, 0.5) is 18.9 Å². The molecule has 2 N–H and O–H groups in total. The van der Waals surface area contributed by atoms with Gasteiger partial charge in [-0.2, -0.15) is 0 Å². The molecule has 1 aliphatic heterocycles. The lowest BCUT2D eigenvalue weighted by molar-refractivity contribution is -0.119. The van der Waals surface area contributed by atoms with Crippen LogP contribution < -0.4 is 5.32 Å². The summed E-state index contributed by atoms with van der Waals surface area (Å²) < 4.78 is 39.8. The predicted octanol–water partition coefficient (Wildman–Crippen LogP) is 3.61. The highest BCUT2D eigenvalue weighted by Crippen LogP contribution is 2.26. The monoisotopic (exact) mass is 443 g/mol. The molecule has 3 heterocycles. The van der Waals surface area contributed by atoms with Crippen LogP contribution >= 0.6 is 0 Å². The predicted molar refractivity (Wildman–Crippen MR) is 110 cm³/mol. The molecule has 4 rings (SSSR count). The Balaban J connectivity index is 1.43. The Hall–Kier alpha value is -3.69. The minimum Gasteiger partial charge on any atom is -0.350 e. The normalized spacial score (nSPS) is 15.8. The average Bonchev–Trinajstić information content (AvgIpc) is 3.42. The van der Waals surface area contributed by atoms with Crippen molar-refractivity contribution < 1.29 is 22.8 Å². The summed E-state index contributed by atoms with van der Waals surface area (Å²) in [5.74, 6) is -5.70. The van der Waals surface area contributed by atoms with Crippen molar-refractivity contribution in [3.05, 3.63) is 65.1 Å². The van der Waals surface area contributed by atoms with Crippen molar-refractivity contribution in [2.45, 2.75) is 20.3 Å². The Labute approximate surface area is 181 Å². The number of rotatable bonds is 4. The summed E-state index contributed by atoms with van der Waals surface area (Å²) in [6, 6.07) is 4.88. The third-order valence-corrected chi connectivity index (χ3v) is 5.51. The Morgan fingerprint density at radius 1 is 1.09 bits per heavy atom. The van der Waals surface area contributed by atoms with Gasteiger partial charge in [-0.25, -0.2) is 23.1 Å². The maximum atomic E-state index is 13.4. The van der Waals surface area contributed by atoms with Gasteiger partial charge in [0.2, 0.25) is 5.91 Å². The molecule has 1 saturated heterocycles. The molecule has 7 nitrogen and oxygen atoms in total. The lowest BCUT2D eigenvalue weighted by Gasteiger charge is -2.16. The molecule has 3 aromatic rings. The number of hydrogen-bond acceptors (Lipinski definition) is 4. The van der Waals surface area contributed by atoms with Crippen molar-refractivity contribution in [3.8, 4) is 11.3 Å². The summed E-state index contributed by atoms with van der Waals surface area (Å²) in [5, 5.41) is 2.38. The second kappa shape index (κ2) is 8.45. The van der Waals surface area contributed by atoms with Crippen LogP contribution in [0.1, 0.15) is 28.3 Å². The molecule has 166 valence electrons. The molecule has 0 bridgehead atoms. The standard InChI is InChI=1S/C22H20F3N5O2/c1-11-19(12(2)27-10-26-11)17-3-4-18(29-17)22(32)30-6-5-13(9-30)21(31)28-14-7-15(23)20(25)16(24)8-14/h3-4,7-8,10,13,29H,5-6,9H2,1-2H3,(H,28,31)/t13-/m0/s1. The van der Waals surface area contributed by atoms with Crippen molar-refractivity contribution in [2.75, 3.05) is 18.4 Å². The zero-order chi connectivity index (χ0) is 23.0. The third kappa shape index (κ3) is 4.08. The highest BCUT2D eigenvalue weighted by molar-refractivity contribution is 5.96. The van der Waals surface area contributed by atoms with Gasteiger partial charge in [-0.1, -0.05) is 0 Å². The first-order valence-electron chi connectivity index (χ1n) is 9.97. The first-order valence-corrected chi connectivity index (χ1v) is 9.97. The van der Waals surface area contributed by atoms with Gasteiger partial charge >= 0.3 is 0 Å². The van der Waals surface area contributed by atoms with Crippen molar-refractivity contribution >= 4 is 17.5 Å². The van der Waals surface area contributed by atoms with Crippen LogP contribution in [0.15, 0.2) is 30.6 Å². The van der Waals surface area contributed by atoms with E-state index in [-0.39, 0.29) is 18.1 Å². The number of aromatic amines is 1. The summed E-state index contributed by atoms with van der Waals surface area (Å²) in [7, 11) is 0. The van der Waals surface area contributed by atoms with E-state index in [2.05, 4.69) is 20.3 Å². The van der Waals surface area contributed by atoms with Crippen LogP contribution in [0.5, 0.6) is 0 Å². The number of benzene rings is 1. The summed E-state index contributed by atoms with van der Waals surface area (Å²) in [6.07, 6.45) is 1.87. The van der Waals surface area contributed by atoms with Crippen LogP contribution in [0.25, 0.3) is 11.3 Å². The van der Waals surface area contributed by atoms with E-state index in [0.29, 0.717) is 30.8 Å². The average molecular weight is 443 g/mol. The van der Waals surface area contributed by atoms with Gasteiger partial charge in [-0.15, -0.1) is 0 Å². The third-order valence-electron chi connectivity index (χ3n) is 5.51. The minimum absolute atomic E-state index is 0.150. The maximum absolute atomic E-state index is 13.4. The smallest absolute Gasteiger partial charge is 0.270 e. The van der Waals surface area contributed by atoms with Gasteiger partial charge in [0.05, 0.1) is 17.3 Å². The van der Waals surface area contributed by atoms with Crippen LogP contribution in [0.2, 0.25) is 0 Å². The van der Waals surface area contributed by atoms with Crippen LogP contribution in [-0.2, 0) is 4.79 Å².